The van der Waals surface area contributed by atoms with Gasteiger partial charge in [-0.1, -0.05) is 23.7 Å². The molecule has 1 aromatic heterocycles. The van der Waals surface area contributed by atoms with Crippen LogP contribution in [-0.2, 0) is 10.1 Å². The maximum Gasteiger partial charge on any atom is 0.389 e. The van der Waals surface area contributed by atoms with Gasteiger partial charge in [-0.2, -0.15) is 21.6 Å². The molecule has 2 rings (SSSR count). The SMILES string of the molecule is Cc1cccc(Oc2ncc(Cl)cn2)c1C(CCC(F)(F)F)S(=O)(=O)O. The predicted octanol–water partition coefficient (Wildman–Crippen LogP) is 4.50. The largest absolute Gasteiger partial charge is 0.424 e. The molecule has 0 amide bonds. The molecule has 0 aliphatic carbocycles. The first-order valence-electron chi connectivity index (χ1n) is 7.25. The summed E-state index contributed by atoms with van der Waals surface area (Å²) in [6.07, 6.45) is -4.34. The Hall–Kier alpha value is -1.91. The zero-order valence-corrected chi connectivity index (χ0v) is 14.9. The molecular weight excluding hydrogens is 397 g/mol. The normalized spacial score (nSPS) is 13.5. The topological polar surface area (TPSA) is 89.4 Å². The van der Waals surface area contributed by atoms with Gasteiger partial charge in [0.05, 0.1) is 17.4 Å². The Labute approximate surface area is 152 Å². The lowest BCUT2D eigenvalue weighted by Crippen LogP contribution is -2.18. The summed E-state index contributed by atoms with van der Waals surface area (Å²) in [4.78, 5) is 7.59. The third-order valence-corrected chi connectivity index (χ3v) is 4.84. The second-order valence-corrected chi connectivity index (χ2v) is 7.47. The summed E-state index contributed by atoms with van der Waals surface area (Å²) < 4.78 is 76.1. The van der Waals surface area contributed by atoms with Crippen LogP contribution in [0.2, 0.25) is 5.02 Å². The van der Waals surface area contributed by atoms with E-state index in [9.17, 15) is 26.1 Å². The van der Waals surface area contributed by atoms with E-state index in [0.717, 1.165) is 0 Å². The van der Waals surface area contributed by atoms with Crippen molar-refractivity contribution in [2.75, 3.05) is 0 Å². The molecule has 0 saturated heterocycles. The summed E-state index contributed by atoms with van der Waals surface area (Å²) in [5.41, 5.74) is 0.249. The highest BCUT2D eigenvalue weighted by Crippen LogP contribution is 2.39. The number of ether oxygens (including phenoxy) is 1. The van der Waals surface area contributed by atoms with Crippen LogP contribution in [0.1, 0.15) is 29.2 Å². The molecule has 1 N–H and O–H groups in total. The summed E-state index contributed by atoms with van der Waals surface area (Å²) in [5, 5.41) is -1.57. The van der Waals surface area contributed by atoms with Crippen molar-refractivity contribution in [1.82, 2.24) is 9.97 Å². The monoisotopic (exact) mass is 410 g/mol. The predicted molar refractivity (Wildman–Crippen MR) is 87.9 cm³/mol. The molecule has 0 saturated carbocycles. The fraction of sp³-hybridized carbons (Fsp3) is 0.333. The molecule has 1 atom stereocenters. The molecule has 2 aromatic rings. The summed E-state index contributed by atoms with van der Waals surface area (Å²) in [6, 6.07) is 4.20. The average molecular weight is 411 g/mol. The second kappa shape index (κ2) is 7.77. The third kappa shape index (κ3) is 5.55. The van der Waals surface area contributed by atoms with Crippen molar-refractivity contribution in [3.63, 3.8) is 0 Å². The molecular formula is C15H14ClF3N2O4S. The molecule has 1 unspecified atom stereocenters. The lowest BCUT2D eigenvalue weighted by molar-refractivity contribution is -0.135. The third-order valence-electron chi connectivity index (χ3n) is 3.45. The van der Waals surface area contributed by atoms with Gasteiger partial charge in [-0.3, -0.25) is 4.55 Å². The zero-order valence-electron chi connectivity index (χ0n) is 13.4. The highest BCUT2D eigenvalue weighted by molar-refractivity contribution is 7.86. The van der Waals surface area contributed by atoms with Crippen LogP contribution >= 0.6 is 11.6 Å². The maximum absolute atomic E-state index is 12.6. The minimum Gasteiger partial charge on any atom is -0.424 e. The number of aryl methyl sites for hydroxylation is 1. The molecule has 142 valence electrons. The van der Waals surface area contributed by atoms with Gasteiger partial charge in [0, 0.05) is 12.0 Å². The van der Waals surface area contributed by atoms with Crippen LogP contribution in [0.25, 0.3) is 0 Å². The van der Waals surface area contributed by atoms with Crippen molar-refractivity contribution in [1.29, 1.82) is 0 Å². The molecule has 1 aromatic carbocycles. The first kappa shape index (κ1) is 20.4. The molecule has 1 heterocycles. The average Bonchev–Trinajstić information content (AvgIpc) is 2.50. The lowest BCUT2D eigenvalue weighted by atomic mass is 10.0. The van der Waals surface area contributed by atoms with Crippen LogP contribution < -0.4 is 4.74 Å². The number of nitrogens with zero attached hydrogens (tertiary/aromatic N) is 2. The molecule has 0 aliphatic heterocycles. The Morgan fingerprint density at radius 2 is 1.88 bits per heavy atom. The van der Waals surface area contributed by atoms with Gasteiger partial charge >= 0.3 is 12.2 Å². The lowest BCUT2D eigenvalue weighted by Gasteiger charge is -2.20. The maximum atomic E-state index is 12.6. The van der Waals surface area contributed by atoms with Crippen LogP contribution in [0, 0.1) is 6.92 Å². The molecule has 11 heteroatoms. The number of alkyl halides is 3. The van der Waals surface area contributed by atoms with Crippen molar-refractivity contribution in [2.24, 2.45) is 0 Å². The van der Waals surface area contributed by atoms with E-state index in [1.54, 1.807) is 0 Å². The summed E-state index contributed by atoms with van der Waals surface area (Å²) >= 11 is 5.67. The number of hydrogen-bond donors (Lipinski definition) is 1. The minimum absolute atomic E-state index is 0.0721. The van der Waals surface area contributed by atoms with E-state index in [1.807, 2.05) is 0 Å². The van der Waals surface area contributed by atoms with Gasteiger partial charge in [0.25, 0.3) is 10.1 Å². The number of rotatable bonds is 6. The van der Waals surface area contributed by atoms with E-state index in [0.29, 0.717) is 5.56 Å². The van der Waals surface area contributed by atoms with Crippen molar-refractivity contribution < 1.29 is 30.9 Å². The van der Waals surface area contributed by atoms with Crippen LogP contribution in [-0.4, -0.2) is 29.1 Å². The molecule has 0 bridgehead atoms. The van der Waals surface area contributed by atoms with Gasteiger partial charge in [0.2, 0.25) is 0 Å². The first-order valence-corrected chi connectivity index (χ1v) is 9.13. The minimum atomic E-state index is -4.83. The Morgan fingerprint density at radius 1 is 1.27 bits per heavy atom. The Morgan fingerprint density at radius 3 is 2.42 bits per heavy atom. The van der Waals surface area contributed by atoms with Gasteiger partial charge in [-0.15, -0.1) is 0 Å². The van der Waals surface area contributed by atoms with E-state index < -0.39 is 34.4 Å². The zero-order chi connectivity index (χ0) is 19.5. The highest BCUT2D eigenvalue weighted by atomic mass is 35.5. The van der Waals surface area contributed by atoms with Crippen LogP contribution in [0.3, 0.4) is 0 Å². The van der Waals surface area contributed by atoms with Gasteiger partial charge in [-0.05, 0) is 25.0 Å². The van der Waals surface area contributed by atoms with Crippen LogP contribution in [0.15, 0.2) is 30.6 Å². The van der Waals surface area contributed by atoms with Crippen LogP contribution in [0.4, 0.5) is 13.2 Å². The number of aromatic nitrogens is 2. The summed E-state index contributed by atoms with van der Waals surface area (Å²) in [7, 11) is -4.83. The van der Waals surface area contributed by atoms with Gasteiger partial charge < -0.3 is 4.74 Å². The van der Waals surface area contributed by atoms with Crippen molar-refractivity contribution >= 4 is 21.7 Å². The summed E-state index contributed by atoms with van der Waals surface area (Å²) in [6.45, 7) is 1.50. The van der Waals surface area contributed by atoms with E-state index in [1.165, 1.54) is 37.5 Å². The second-order valence-electron chi connectivity index (χ2n) is 5.43. The van der Waals surface area contributed by atoms with E-state index in [2.05, 4.69) is 9.97 Å². The fourth-order valence-electron chi connectivity index (χ4n) is 2.34. The molecule has 0 radical (unpaired) electrons. The fourth-order valence-corrected chi connectivity index (χ4v) is 3.46. The number of hydrogen-bond acceptors (Lipinski definition) is 5. The van der Waals surface area contributed by atoms with Crippen molar-refractivity contribution in [3.8, 4) is 11.8 Å². The first-order chi connectivity index (χ1) is 12.0. The van der Waals surface area contributed by atoms with Gasteiger partial charge in [-0.25, -0.2) is 9.97 Å². The standard InChI is InChI=1S/C15H14ClF3N2O4S/c1-9-3-2-4-11(25-14-20-7-10(16)8-21-14)13(9)12(26(22,23)24)5-6-15(17,18)19/h2-4,7-8,12H,5-6H2,1H3,(H,22,23,24). The number of benzene rings is 1. The van der Waals surface area contributed by atoms with Crippen molar-refractivity contribution in [3.05, 3.63) is 46.7 Å². The van der Waals surface area contributed by atoms with E-state index in [4.69, 9.17) is 16.3 Å². The quantitative estimate of drug-likeness (QED) is 0.705. The van der Waals surface area contributed by atoms with Gasteiger partial charge in [0.15, 0.2) is 0 Å². The van der Waals surface area contributed by atoms with Gasteiger partial charge in [0.1, 0.15) is 11.0 Å². The number of halogens is 4. The van der Waals surface area contributed by atoms with E-state index in [-0.39, 0.29) is 22.3 Å². The summed E-state index contributed by atoms with van der Waals surface area (Å²) in [5.74, 6) is -0.0721. The van der Waals surface area contributed by atoms with E-state index >= 15 is 0 Å². The smallest absolute Gasteiger partial charge is 0.389 e. The molecule has 6 nitrogen and oxygen atoms in total. The van der Waals surface area contributed by atoms with Crippen LogP contribution in [0.5, 0.6) is 11.8 Å². The molecule has 0 aliphatic rings. The molecule has 0 fully saturated rings. The van der Waals surface area contributed by atoms with Crippen molar-refractivity contribution in [2.45, 2.75) is 31.2 Å². The highest BCUT2D eigenvalue weighted by Gasteiger charge is 2.35. The molecule has 0 spiro atoms. The molecule has 26 heavy (non-hydrogen) atoms. The Kier molecular flexibility index (Phi) is 6.09. The Bertz CT molecular complexity index is 873. The Balaban J connectivity index is 2.45.